The molecular weight excluding hydrogens is 262 g/mol. The molecule has 0 saturated carbocycles. The van der Waals surface area contributed by atoms with Gasteiger partial charge in [0.25, 0.3) is 0 Å². The first kappa shape index (κ1) is 15.4. The van der Waals surface area contributed by atoms with E-state index in [1.54, 1.807) is 10.8 Å². The summed E-state index contributed by atoms with van der Waals surface area (Å²) in [7, 11) is 0. The minimum Gasteiger partial charge on any atom is -0.443 e. The molecule has 0 atom stereocenters. The fourth-order valence-electron chi connectivity index (χ4n) is 2.04. The Bertz CT molecular complexity index is 672. The van der Waals surface area contributed by atoms with Crippen molar-refractivity contribution in [3.05, 3.63) is 42.1 Å². The van der Waals surface area contributed by atoms with Crippen LogP contribution in [0.25, 0.3) is 17.0 Å². The molecule has 21 heavy (non-hydrogen) atoms. The predicted molar refractivity (Wildman–Crippen MR) is 87.4 cm³/mol. The maximum Gasteiger partial charge on any atom is 0.418 e. The van der Waals surface area contributed by atoms with Crippen LogP contribution in [-0.2, 0) is 4.74 Å². The van der Waals surface area contributed by atoms with Gasteiger partial charge in [0.1, 0.15) is 5.60 Å². The largest absolute Gasteiger partial charge is 0.443 e. The molecule has 0 radical (unpaired) electrons. The van der Waals surface area contributed by atoms with Crippen LogP contribution in [0.15, 0.2) is 36.5 Å². The summed E-state index contributed by atoms with van der Waals surface area (Å²) in [5.74, 6) is 0.520. The average molecular weight is 285 g/mol. The summed E-state index contributed by atoms with van der Waals surface area (Å²) < 4.78 is 6.96. The van der Waals surface area contributed by atoms with Gasteiger partial charge >= 0.3 is 6.09 Å². The summed E-state index contributed by atoms with van der Waals surface area (Å²) in [5.41, 5.74) is 1.51. The van der Waals surface area contributed by atoms with Crippen LogP contribution in [0.3, 0.4) is 0 Å². The maximum absolute atomic E-state index is 12.2. The van der Waals surface area contributed by atoms with Gasteiger partial charge in [-0.1, -0.05) is 32.1 Å². The topological polar surface area (TPSA) is 31.2 Å². The number of carbonyl (C=O) groups excluding carboxylic acids is 1. The maximum atomic E-state index is 12.2. The van der Waals surface area contributed by atoms with Crippen LogP contribution in [0.5, 0.6) is 0 Å². The highest BCUT2D eigenvalue weighted by Crippen LogP contribution is 2.20. The van der Waals surface area contributed by atoms with Crippen LogP contribution in [0.1, 0.15) is 40.2 Å². The number of carbonyl (C=O) groups is 1. The fourth-order valence-corrected chi connectivity index (χ4v) is 2.04. The number of hydrogen-bond donors (Lipinski definition) is 0. The van der Waals surface area contributed by atoms with Gasteiger partial charge in [-0.3, -0.25) is 4.57 Å². The van der Waals surface area contributed by atoms with Crippen molar-refractivity contribution in [2.75, 3.05) is 0 Å². The molecule has 1 aromatic carbocycles. The van der Waals surface area contributed by atoms with E-state index in [-0.39, 0.29) is 6.09 Å². The van der Waals surface area contributed by atoms with Crippen molar-refractivity contribution >= 4 is 23.1 Å². The van der Waals surface area contributed by atoms with Crippen LogP contribution < -0.4 is 0 Å². The van der Waals surface area contributed by atoms with Gasteiger partial charge in [0.2, 0.25) is 0 Å². The highest BCUT2D eigenvalue weighted by atomic mass is 16.6. The quantitative estimate of drug-likeness (QED) is 0.769. The number of aromatic nitrogens is 1. The molecule has 1 aromatic heterocycles. The van der Waals surface area contributed by atoms with Crippen molar-refractivity contribution in [2.24, 2.45) is 5.92 Å². The molecule has 2 rings (SSSR count). The summed E-state index contributed by atoms with van der Waals surface area (Å²) >= 11 is 0. The Morgan fingerprint density at radius 2 is 1.95 bits per heavy atom. The van der Waals surface area contributed by atoms with Gasteiger partial charge in [-0.2, -0.15) is 0 Å². The predicted octanol–water partition coefficient (Wildman–Crippen LogP) is 5.09. The number of ether oxygens (including phenoxy) is 1. The van der Waals surface area contributed by atoms with E-state index in [0.29, 0.717) is 5.92 Å². The number of rotatable bonds is 2. The SMILES string of the molecule is CC(C)/C=C\c1ccc2c(ccn2C(=O)OC(C)(C)C)c1. The Balaban J connectivity index is 2.31. The molecule has 0 bridgehead atoms. The normalized spacial score (nSPS) is 12.5. The molecule has 0 N–H and O–H groups in total. The third-order valence-corrected chi connectivity index (χ3v) is 2.98. The van der Waals surface area contributed by atoms with E-state index in [0.717, 1.165) is 16.5 Å². The summed E-state index contributed by atoms with van der Waals surface area (Å²) in [5, 5.41) is 1.03. The molecule has 0 aliphatic carbocycles. The zero-order chi connectivity index (χ0) is 15.6. The molecule has 1 heterocycles. The Labute approximate surface area is 126 Å². The molecule has 0 saturated heterocycles. The summed E-state index contributed by atoms with van der Waals surface area (Å²) in [4.78, 5) is 12.2. The van der Waals surface area contributed by atoms with E-state index in [1.807, 2.05) is 39.0 Å². The molecule has 0 aliphatic rings. The molecule has 2 aromatic rings. The van der Waals surface area contributed by atoms with Crippen LogP contribution >= 0.6 is 0 Å². The van der Waals surface area contributed by atoms with E-state index < -0.39 is 5.60 Å². The lowest BCUT2D eigenvalue weighted by molar-refractivity contribution is 0.0544. The molecule has 0 fully saturated rings. The average Bonchev–Trinajstić information content (AvgIpc) is 2.77. The molecule has 0 aliphatic heterocycles. The Morgan fingerprint density at radius 1 is 1.24 bits per heavy atom. The first-order valence-corrected chi connectivity index (χ1v) is 7.29. The van der Waals surface area contributed by atoms with Crippen LogP contribution in [0.2, 0.25) is 0 Å². The van der Waals surface area contributed by atoms with E-state index in [1.165, 1.54) is 0 Å². The Kier molecular flexibility index (Phi) is 4.21. The molecule has 112 valence electrons. The minimum atomic E-state index is -0.492. The zero-order valence-corrected chi connectivity index (χ0v) is 13.4. The molecule has 3 nitrogen and oxygen atoms in total. The monoisotopic (exact) mass is 285 g/mol. The molecule has 0 amide bonds. The first-order chi connectivity index (χ1) is 9.76. The van der Waals surface area contributed by atoms with Crippen molar-refractivity contribution in [3.8, 4) is 0 Å². The number of hydrogen-bond acceptors (Lipinski definition) is 2. The standard InChI is InChI=1S/C18H23NO2/c1-13(2)6-7-14-8-9-16-15(12-14)10-11-19(16)17(20)21-18(3,4)5/h6-13H,1-5H3/b7-6-. The summed E-state index contributed by atoms with van der Waals surface area (Å²) in [6.07, 6.45) is 5.68. The van der Waals surface area contributed by atoms with Crippen molar-refractivity contribution in [2.45, 2.75) is 40.2 Å². The number of allylic oxidation sites excluding steroid dienone is 1. The van der Waals surface area contributed by atoms with Crippen molar-refractivity contribution in [3.63, 3.8) is 0 Å². The van der Waals surface area contributed by atoms with Gasteiger partial charge in [-0.05, 0) is 50.5 Å². The number of nitrogens with zero attached hydrogens (tertiary/aromatic N) is 1. The summed E-state index contributed by atoms with van der Waals surface area (Å²) in [6, 6.07) is 7.99. The lowest BCUT2D eigenvalue weighted by Gasteiger charge is -2.19. The number of fused-ring (bicyclic) bond motifs is 1. The van der Waals surface area contributed by atoms with Gasteiger partial charge in [0.15, 0.2) is 0 Å². The molecule has 3 heteroatoms. The van der Waals surface area contributed by atoms with Crippen molar-refractivity contribution < 1.29 is 9.53 Å². The van der Waals surface area contributed by atoms with Gasteiger partial charge in [-0.15, -0.1) is 0 Å². The Morgan fingerprint density at radius 3 is 2.57 bits per heavy atom. The highest BCUT2D eigenvalue weighted by molar-refractivity contribution is 5.90. The van der Waals surface area contributed by atoms with E-state index in [4.69, 9.17) is 4.74 Å². The molecule has 0 spiro atoms. The third-order valence-electron chi connectivity index (χ3n) is 2.98. The third kappa shape index (κ3) is 3.97. The van der Waals surface area contributed by atoms with Crippen LogP contribution in [0, 0.1) is 5.92 Å². The zero-order valence-electron chi connectivity index (χ0n) is 13.4. The Hall–Kier alpha value is -2.03. The first-order valence-electron chi connectivity index (χ1n) is 7.29. The lowest BCUT2D eigenvalue weighted by atomic mass is 10.1. The lowest BCUT2D eigenvalue weighted by Crippen LogP contribution is -2.26. The van der Waals surface area contributed by atoms with E-state index in [9.17, 15) is 4.79 Å². The second-order valence-electron chi connectivity index (χ2n) is 6.59. The smallest absolute Gasteiger partial charge is 0.418 e. The van der Waals surface area contributed by atoms with Crippen LogP contribution in [0.4, 0.5) is 4.79 Å². The van der Waals surface area contributed by atoms with Crippen LogP contribution in [-0.4, -0.2) is 16.3 Å². The fraction of sp³-hybridized carbons (Fsp3) is 0.389. The summed E-state index contributed by atoms with van der Waals surface area (Å²) in [6.45, 7) is 9.89. The van der Waals surface area contributed by atoms with Crippen molar-refractivity contribution in [1.29, 1.82) is 0 Å². The van der Waals surface area contributed by atoms with Gasteiger partial charge in [0, 0.05) is 11.6 Å². The molecular formula is C18H23NO2. The van der Waals surface area contributed by atoms with Crippen molar-refractivity contribution in [1.82, 2.24) is 4.57 Å². The minimum absolute atomic E-state index is 0.344. The number of benzene rings is 1. The molecule has 0 unspecified atom stereocenters. The second-order valence-corrected chi connectivity index (χ2v) is 6.59. The van der Waals surface area contributed by atoms with E-state index in [2.05, 4.69) is 32.1 Å². The van der Waals surface area contributed by atoms with E-state index >= 15 is 0 Å². The highest BCUT2D eigenvalue weighted by Gasteiger charge is 2.18. The second kappa shape index (κ2) is 5.76. The van der Waals surface area contributed by atoms with Gasteiger partial charge in [-0.25, -0.2) is 4.79 Å². The van der Waals surface area contributed by atoms with Gasteiger partial charge in [0.05, 0.1) is 5.52 Å². The van der Waals surface area contributed by atoms with Gasteiger partial charge < -0.3 is 4.74 Å².